The Kier molecular flexibility index (Phi) is 17.6. The molecule has 0 radical (unpaired) electrons. The monoisotopic (exact) mass is 818 g/mol. The van der Waals surface area contributed by atoms with Crippen molar-refractivity contribution in [2.75, 3.05) is 122 Å². The molecule has 0 bridgehead atoms. The zero-order valence-corrected chi connectivity index (χ0v) is 33.9. The van der Waals surface area contributed by atoms with E-state index in [2.05, 4.69) is 27.5 Å². The highest BCUT2D eigenvalue weighted by molar-refractivity contribution is 14.1. The maximum atomic E-state index is 14.3. The van der Waals surface area contributed by atoms with Crippen molar-refractivity contribution in [1.29, 1.82) is 0 Å². The minimum absolute atomic E-state index is 0.0241. The molecule has 0 aromatic carbocycles. The van der Waals surface area contributed by atoms with Gasteiger partial charge in [0.25, 0.3) is 7.52 Å². The Morgan fingerprint density at radius 3 is 1.78 bits per heavy atom. The molecule has 3 aliphatic rings. The van der Waals surface area contributed by atoms with E-state index in [1.165, 1.54) is 0 Å². The molecule has 3 heterocycles. The van der Waals surface area contributed by atoms with E-state index in [1.54, 1.807) is 67.6 Å². The van der Waals surface area contributed by atoms with Crippen molar-refractivity contribution in [3.05, 3.63) is 0 Å². The van der Waals surface area contributed by atoms with Crippen molar-refractivity contribution in [2.45, 2.75) is 49.3 Å². The molecule has 0 spiro atoms. The summed E-state index contributed by atoms with van der Waals surface area (Å²) in [5, 5.41) is 0. The van der Waals surface area contributed by atoms with Gasteiger partial charge in [0, 0.05) is 45.9 Å². The van der Waals surface area contributed by atoms with Gasteiger partial charge in [-0.1, -0.05) is 13.8 Å². The standard InChI is InChI=1S/C24H52IN6O9P3.C2H6/c1-20-12-29(8)13-22(39-20)18-38-43(34,28(6)7)31-15-23(40-24(25)16-31)19-37-42(33,27(4)5)30-10-11-35-21(14-30)17-36-41(9,32)26(2)3;1-2/h20-24H,10-19H2,1-9H3;1-2H3/t20?,21-,22-,23-,24+,41?,42?,43?;/m0./s1. The molecule has 0 amide bonds. The van der Waals surface area contributed by atoms with E-state index >= 15 is 0 Å². The van der Waals surface area contributed by atoms with Gasteiger partial charge < -0.3 is 32.7 Å². The third-order valence-corrected chi connectivity index (χ3v) is 15.4. The number of likely N-dealkylation sites (N-methyl/N-ethyl adjacent to an activating group) is 1. The Balaban J connectivity index is 0.00000345. The predicted octanol–water partition coefficient (Wildman–Crippen LogP) is 3.67. The van der Waals surface area contributed by atoms with Crippen LogP contribution in [0.2, 0.25) is 0 Å². The number of ether oxygens (including phenoxy) is 3. The summed E-state index contributed by atoms with van der Waals surface area (Å²) in [4.78, 5) is 2.19. The van der Waals surface area contributed by atoms with Crippen LogP contribution in [0.4, 0.5) is 0 Å². The van der Waals surface area contributed by atoms with Gasteiger partial charge in [0.15, 0.2) is 0 Å². The normalized spacial score (nSPS) is 31.7. The van der Waals surface area contributed by atoms with Crippen molar-refractivity contribution in [1.82, 2.24) is 28.3 Å². The lowest BCUT2D eigenvalue weighted by Crippen LogP contribution is -2.49. The van der Waals surface area contributed by atoms with Gasteiger partial charge in [-0.15, -0.1) is 0 Å². The summed E-state index contributed by atoms with van der Waals surface area (Å²) >= 11 is 2.17. The van der Waals surface area contributed by atoms with Crippen molar-refractivity contribution in [3.63, 3.8) is 0 Å². The summed E-state index contributed by atoms with van der Waals surface area (Å²) in [6.07, 6.45) is -1.02. The summed E-state index contributed by atoms with van der Waals surface area (Å²) in [5.74, 6) is 0. The minimum atomic E-state index is -3.48. The number of rotatable bonds is 14. The largest absolute Gasteiger partial charge is 0.373 e. The molecule has 0 aromatic heterocycles. The quantitative estimate of drug-likeness (QED) is 0.144. The molecule has 45 heavy (non-hydrogen) atoms. The average molecular weight is 819 g/mol. The van der Waals surface area contributed by atoms with E-state index in [0.717, 1.165) is 6.54 Å². The number of nitrogens with zero attached hydrogens (tertiary/aromatic N) is 6. The molecule has 0 N–H and O–H groups in total. The zero-order valence-electron chi connectivity index (χ0n) is 29.0. The number of alkyl halides is 1. The Morgan fingerprint density at radius 1 is 0.733 bits per heavy atom. The van der Waals surface area contributed by atoms with Gasteiger partial charge in [-0.3, -0.25) is 13.7 Å². The molecule has 8 atom stereocenters. The van der Waals surface area contributed by atoms with Gasteiger partial charge in [-0.2, -0.15) is 0 Å². The van der Waals surface area contributed by atoms with Crippen LogP contribution in [0.1, 0.15) is 20.8 Å². The Labute approximate surface area is 285 Å². The average Bonchev–Trinajstić information content (AvgIpc) is 2.97. The van der Waals surface area contributed by atoms with Crippen LogP contribution in [-0.4, -0.2) is 178 Å². The van der Waals surface area contributed by atoms with Crippen LogP contribution in [0.3, 0.4) is 0 Å². The van der Waals surface area contributed by atoms with Gasteiger partial charge in [-0.05, 0) is 78.8 Å². The first-order chi connectivity index (χ1) is 21.0. The molecule has 15 nitrogen and oxygen atoms in total. The summed E-state index contributed by atoms with van der Waals surface area (Å²) < 4.78 is 85.2. The molecule has 268 valence electrons. The maximum Gasteiger partial charge on any atom is 0.345 e. The van der Waals surface area contributed by atoms with Crippen LogP contribution in [0, 0.1) is 0 Å². The van der Waals surface area contributed by atoms with Gasteiger partial charge in [-0.25, -0.2) is 23.4 Å². The molecular weight excluding hydrogens is 760 g/mol. The SMILES string of the molecule is CC.CC1CN(C)C[C@@H](COP(=O)(N(C)C)N2C[C@@H](COP(=O)(N(C)C)N3CCO[C@H](COP(C)(=O)N(C)C)C3)O[C@@H](I)C2)O1. The second-order valence-corrected chi connectivity index (χ2v) is 21.2. The summed E-state index contributed by atoms with van der Waals surface area (Å²) in [6.45, 7) is 11.2. The first kappa shape index (κ1) is 42.1. The predicted molar refractivity (Wildman–Crippen MR) is 186 cm³/mol. The van der Waals surface area contributed by atoms with Crippen molar-refractivity contribution >= 4 is 45.5 Å². The van der Waals surface area contributed by atoms with Crippen molar-refractivity contribution in [3.8, 4) is 0 Å². The fourth-order valence-corrected chi connectivity index (χ4v) is 10.9. The third kappa shape index (κ3) is 12.0. The van der Waals surface area contributed by atoms with Crippen LogP contribution in [0.5, 0.6) is 0 Å². The van der Waals surface area contributed by atoms with Gasteiger partial charge in [0.05, 0.1) is 50.8 Å². The lowest BCUT2D eigenvalue weighted by atomic mass is 10.2. The maximum absolute atomic E-state index is 14.3. The second-order valence-electron chi connectivity index (χ2n) is 11.9. The molecule has 19 heteroatoms. The molecule has 3 fully saturated rings. The van der Waals surface area contributed by atoms with Crippen LogP contribution in [0.25, 0.3) is 0 Å². The first-order valence-corrected chi connectivity index (χ1v) is 21.8. The molecule has 3 aliphatic heterocycles. The summed E-state index contributed by atoms with van der Waals surface area (Å²) in [6, 6.07) is 0. The van der Waals surface area contributed by atoms with Crippen LogP contribution < -0.4 is 0 Å². The van der Waals surface area contributed by atoms with E-state index < -0.39 is 35.1 Å². The van der Waals surface area contributed by atoms with Crippen molar-refractivity contribution in [2.24, 2.45) is 0 Å². The third-order valence-electron chi connectivity index (χ3n) is 7.54. The molecular formula is C26H58IN6O9P3. The highest BCUT2D eigenvalue weighted by atomic mass is 127. The lowest BCUT2D eigenvalue weighted by molar-refractivity contribution is -0.0882. The number of morpholine rings is 3. The summed E-state index contributed by atoms with van der Waals surface area (Å²) in [7, 11) is 2.52. The minimum Gasteiger partial charge on any atom is -0.373 e. The Morgan fingerprint density at radius 2 is 1.24 bits per heavy atom. The molecule has 3 saturated heterocycles. The molecule has 0 aromatic rings. The zero-order chi connectivity index (χ0) is 34.2. The first-order valence-electron chi connectivity index (χ1n) is 15.5. The van der Waals surface area contributed by atoms with E-state index in [-0.39, 0.29) is 49.2 Å². The fourth-order valence-electron chi connectivity index (χ4n) is 5.07. The number of halogens is 1. The fraction of sp³-hybridized carbons (Fsp3) is 1.00. The van der Waals surface area contributed by atoms with Crippen molar-refractivity contribution < 1.29 is 41.5 Å². The molecule has 0 aliphatic carbocycles. The molecule has 3 rings (SSSR count). The van der Waals surface area contributed by atoms with Gasteiger partial charge >= 0.3 is 15.3 Å². The summed E-state index contributed by atoms with van der Waals surface area (Å²) in [5.41, 5.74) is 0. The number of hydrogen-bond donors (Lipinski definition) is 0. The Hall–Kier alpha value is 0.940. The van der Waals surface area contributed by atoms with E-state index in [0.29, 0.717) is 26.2 Å². The van der Waals surface area contributed by atoms with E-state index in [1.807, 2.05) is 32.5 Å². The van der Waals surface area contributed by atoms with Crippen LogP contribution >= 0.6 is 45.5 Å². The molecule has 0 saturated carbocycles. The topological polar surface area (TPSA) is 126 Å². The number of hydrogen-bond acceptors (Lipinski definition) is 10. The van der Waals surface area contributed by atoms with Gasteiger partial charge in [0.2, 0.25) is 0 Å². The van der Waals surface area contributed by atoms with Crippen LogP contribution in [-0.2, 0) is 41.5 Å². The van der Waals surface area contributed by atoms with Crippen LogP contribution in [0.15, 0.2) is 0 Å². The Bertz CT molecular complexity index is 1040. The smallest absolute Gasteiger partial charge is 0.345 e. The van der Waals surface area contributed by atoms with Gasteiger partial charge in [0.1, 0.15) is 4.11 Å². The van der Waals surface area contributed by atoms with E-state index in [4.69, 9.17) is 27.8 Å². The highest BCUT2D eigenvalue weighted by Gasteiger charge is 2.44. The lowest BCUT2D eigenvalue weighted by Gasteiger charge is -2.43. The molecule has 4 unspecified atom stereocenters. The van der Waals surface area contributed by atoms with E-state index in [9.17, 15) is 13.7 Å². The highest BCUT2D eigenvalue weighted by Crippen LogP contribution is 2.56. The second kappa shape index (κ2) is 18.8.